The van der Waals surface area contributed by atoms with Crippen LogP contribution in [0.15, 0.2) is 42.5 Å². The van der Waals surface area contributed by atoms with Crippen molar-refractivity contribution < 1.29 is 14.1 Å². The highest BCUT2D eigenvalue weighted by atomic mass is 19.1. The van der Waals surface area contributed by atoms with Crippen LogP contribution in [0.1, 0.15) is 5.56 Å². The molecule has 0 bridgehead atoms. The largest absolute Gasteiger partial charge is 0.376 e. The second kappa shape index (κ2) is 6.66. The Morgan fingerprint density at radius 2 is 1.82 bits per heavy atom. The lowest BCUT2D eigenvalue weighted by atomic mass is 10.2. The molecule has 0 radical (unpaired) electrons. The van der Waals surface area contributed by atoms with E-state index in [1.165, 1.54) is 30.3 Å². The van der Waals surface area contributed by atoms with Crippen molar-refractivity contribution in [2.24, 2.45) is 0 Å². The highest BCUT2D eigenvalue weighted by Crippen LogP contribution is 2.16. The van der Waals surface area contributed by atoms with Gasteiger partial charge in [-0.2, -0.15) is 0 Å². The summed E-state index contributed by atoms with van der Waals surface area (Å²) in [6.45, 7) is 1.60. The number of amides is 1. The lowest BCUT2D eigenvalue weighted by Crippen LogP contribution is -2.21. The monoisotopic (exact) mass is 303 g/mol. The number of nitro groups is 1. The standard InChI is InChI=1S/C15H14FN3O3/c1-10-2-3-12(8-14(10)16)18-15(20)9-17-11-4-6-13(7-5-11)19(21)22/h2-8,17H,9H2,1H3,(H,18,20). The summed E-state index contributed by atoms with van der Waals surface area (Å²) in [5, 5.41) is 15.9. The molecule has 0 spiro atoms. The van der Waals surface area contributed by atoms with Gasteiger partial charge < -0.3 is 10.6 Å². The Bertz CT molecular complexity index is 702. The number of aryl methyl sites for hydroxylation is 1. The van der Waals surface area contributed by atoms with Gasteiger partial charge in [-0.25, -0.2) is 4.39 Å². The van der Waals surface area contributed by atoms with Crippen LogP contribution in [0.4, 0.5) is 21.5 Å². The summed E-state index contributed by atoms with van der Waals surface area (Å²) in [5.74, 6) is -0.734. The number of carbonyl (C=O) groups excluding carboxylic acids is 1. The number of benzene rings is 2. The number of halogens is 1. The number of hydrogen-bond acceptors (Lipinski definition) is 4. The maximum absolute atomic E-state index is 13.4. The predicted molar refractivity (Wildman–Crippen MR) is 81.4 cm³/mol. The van der Waals surface area contributed by atoms with E-state index in [-0.39, 0.29) is 24.0 Å². The molecule has 0 unspecified atom stereocenters. The van der Waals surface area contributed by atoms with Gasteiger partial charge in [-0.3, -0.25) is 14.9 Å². The Kier molecular flexibility index (Phi) is 4.67. The third kappa shape index (κ3) is 4.02. The second-order valence-electron chi connectivity index (χ2n) is 4.67. The van der Waals surface area contributed by atoms with Gasteiger partial charge in [0.1, 0.15) is 5.82 Å². The SMILES string of the molecule is Cc1ccc(NC(=O)CNc2ccc([N+](=O)[O-])cc2)cc1F. The normalized spacial score (nSPS) is 10.1. The van der Waals surface area contributed by atoms with Crippen LogP contribution < -0.4 is 10.6 Å². The zero-order valence-electron chi connectivity index (χ0n) is 11.8. The molecule has 2 aromatic carbocycles. The molecule has 7 heteroatoms. The van der Waals surface area contributed by atoms with Gasteiger partial charge in [0, 0.05) is 23.5 Å². The number of carbonyl (C=O) groups is 1. The minimum absolute atomic E-state index is 0.0230. The molecule has 0 aliphatic carbocycles. The molecule has 0 aliphatic rings. The van der Waals surface area contributed by atoms with E-state index in [0.29, 0.717) is 16.9 Å². The van der Waals surface area contributed by atoms with Crippen molar-refractivity contribution in [2.45, 2.75) is 6.92 Å². The molecule has 1 amide bonds. The van der Waals surface area contributed by atoms with Gasteiger partial charge >= 0.3 is 0 Å². The second-order valence-corrected chi connectivity index (χ2v) is 4.67. The van der Waals surface area contributed by atoms with Crippen LogP contribution in [0.5, 0.6) is 0 Å². The lowest BCUT2D eigenvalue weighted by molar-refractivity contribution is -0.384. The van der Waals surface area contributed by atoms with Crippen molar-refractivity contribution >= 4 is 23.0 Å². The van der Waals surface area contributed by atoms with Crippen molar-refractivity contribution in [1.29, 1.82) is 0 Å². The first-order valence-corrected chi connectivity index (χ1v) is 6.50. The predicted octanol–water partition coefficient (Wildman–Crippen LogP) is 3.09. The summed E-state index contributed by atoms with van der Waals surface area (Å²) < 4.78 is 13.4. The van der Waals surface area contributed by atoms with Gasteiger partial charge in [0.2, 0.25) is 5.91 Å². The van der Waals surface area contributed by atoms with E-state index < -0.39 is 4.92 Å². The fourth-order valence-corrected chi connectivity index (χ4v) is 1.76. The molecular formula is C15H14FN3O3. The van der Waals surface area contributed by atoms with Crippen LogP contribution in [0, 0.1) is 22.9 Å². The molecule has 2 N–H and O–H groups in total. The number of nitro benzene ring substituents is 1. The van der Waals surface area contributed by atoms with Crippen LogP contribution in [-0.2, 0) is 4.79 Å². The van der Waals surface area contributed by atoms with E-state index >= 15 is 0 Å². The molecule has 0 aromatic heterocycles. The maximum atomic E-state index is 13.4. The van der Waals surface area contributed by atoms with E-state index in [1.54, 1.807) is 19.1 Å². The molecule has 0 aliphatic heterocycles. The van der Waals surface area contributed by atoms with Crippen molar-refractivity contribution in [1.82, 2.24) is 0 Å². The van der Waals surface area contributed by atoms with Crippen molar-refractivity contribution in [3.05, 3.63) is 64.0 Å². The van der Waals surface area contributed by atoms with Gasteiger partial charge in [-0.1, -0.05) is 6.07 Å². The average Bonchev–Trinajstić information content (AvgIpc) is 2.49. The molecule has 6 nitrogen and oxygen atoms in total. The fraction of sp³-hybridized carbons (Fsp3) is 0.133. The molecule has 0 heterocycles. The van der Waals surface area contributed by atoms with Crippen molar-refractivity contribution in [2.75, 3.05) is 17.2 Å². The molecule has 0 saturated carbocycles. The molecule has 22 heavy (non-hydrogen) atoms. The maximum Gasteiger partial charge on any atom is 0.269 e. The molecule has 2 rings (SSSR count). The van der Waals surface area contributed by atoms with Gasteiger partial charge in [-0.05, 0) is 36.8 Å². The Hall–Kier alpha value is -2.96. The number of nitrogens with one attached hydrogen (secondary N) is 2. The molecule has 0 fully saturated rings. The van der Waals surface area contributed by atoms with Crippen LogP contribution >= 0.6 is 0 Å². The van der Waals surface area contributed by atoms with Crippen molar-refractivity contribution in [3.8, 4) is 0 Å². The molecule has 0 atom stereocenters. The van der Waals surface area contributed by atoms with Crippen LogP contribution in [-0.4, -0.2) is 17.4 Å². The summed E-state index contributed by atoms with van der Waals surface area (Å²) >= 11 is 0. The van der Waals surface area contributed by atoms with Gasteiger partial charge in [-0.15, -0.1) is 0 Å². The van der Waals surface area contributed by atoms with E-state index in [2.05, 4.69) is 10.6 Å². The van der Waals surface area contributed by atoms with E-state index in [1.807, 2.05) is 0 Å². The molecule has 114 valence electrons. The average molecular weight is 303 g/mol. The third-order valence-electron chi connectivity index (χ3n) is 2.99. The highest BCUT2D eigenvalue weighted by molar-refractivity contribution is 5.93. The molecule has 0 saturated heterocycles. The van der Waals surface area contributed by atoms with Crippen LogP contribution in [0.25, 0.3) is 0 Å². The zero-order chi connectivity index (χ0) is 16.1. The third-order valence-corrected chi connectivity index (χ3v) is 2.99. The number of non-ortho nitro benzene ring substituents is 1. The molecule has 2 aromatic rings. The van der Waals surface area contributed by atoms with Gasteiger partial charge in [0.25, 0.3) is 5.69 Å². The summed E-state index contributed by atoms with van der Waals surface area (Å²) in [6.07, 6.45) is 0. The molecular weight excluding hydrogens is 289 g/mol. The van der Waals surface area contributed by atoms with E-state index in [4.69, 9.17) is 0 Å². The van der Waals surface area contributed by atoms with E-state index in [0.717, 1.165) is 0 Å². The van der Waals surface area contributed by atoms with Crippen LogP contribution in [0.2, 0.25) is 0 Å². The van der Waals surface area contributed by atoms with Gasteiger partial charge in [0.05, 0.1) is 11.5 Å². The van der Waals surface area contributed by atoms with E-state index in [9.17, 15) is 19.3 Å². The minimum atomic E-state index is -0.498. The topological polar surface area (TPSA) is 84.3 Å². The summed E-state index contributed by atoms with van der Waals surface area (Å²) in [7, 11) is 0. The Labute approximate surface area is 126 Å². The quantitative estimate of drug-likeness (QED) is 0.656. The van der Waals surface area contributed by atoms with Crippen LogP contribution in [0.3, 0.4) is 0 Å². The highest BCUT2D eigenvalue weighted by Gasteiger charge is 2.06. The smallest absolute Gasteiger partial charge is 0.269 e. The Morgan fingerprint density at radius 1 is 1.18 bits per heavy atom. The summed E-state index contributed by atoms with van der Waals surface area (Å²) in [6, 6.07) is 10.1. The lowest BCUT2D eigenvalue weighted by Gasteiger charge is -2.08. The zero-order valence-corrected chi connectivity index (χ0v) is 11.8. The first kappa shape index (κ1) is 15.4. The number of anilines is 2. The van der Waals surface area contributed by atoms with Crippen molar-refractivity contribution in [3.63, 3.8) is 0 Å². The number of hydrogen-bond donors (Lipinski definition) is 2. The Morgan fingerprint density at radius 3 is 2.41 bits per heavy atom. The number of nitrogens with zero attached hydrogens (tertiary/aromatic N) is 1. The number of rotatable bonds is 5. The first-order chi connectivity index (χ1) is 10.5. The minimum Gasteiger partial charge on any atom is -0.376 e. The first-order valence-electron chi connectivity index (χ1n) is 6.50. The van der Waals surface area contributed by atoms with Gasteiger partial charge in [0.15, 0.2) is 0 Å². The Balaban J connectivity index is 1.89. The summed E-state index contributed by atoms with van der Waals surface area (Å²) in [5.41, 5.74) is 1.43. The fourth-order valence-electron chi connectivity index (χ4n) is 1.76. The summed E-state index contributed by atoms with van der Waals surface area (Å²) in [4.78, 5) is 21.8.